The van der Waals surface area contributed by atoms with E-state index in [2.05, 4.69) is 24.5 Å². The minimum absolute atomic E-state index is 0.0693. The van der Waals surface area contributed by atoms with E-state index in [1.54, 1.807) is 0 Å². The lowest BCUT2D eigenvalue weighted by atomic mass is 9.46. The van der Waals surface area contributed by atoms with Gasteiger partial charge in [-0.2, -0.15) is 0 Å². The van der Waals surface area contributed by atoms with Crippen molar-refractivity contribution in [2.24, 2.45) is 64.6 Å². The molecule has 0 aliphatic heterocycles. The number of nitrogens with one attached hydrogen (secondary N) is 2. The number of rotatable bonds is 7. The van der Waals surface area contributed by atoms with Crippen LogP contribution in [0.25, 0.3) is 0 Å². The molecule has 8 aliphatic carbocycles. The van der Waals surface area contributed by atoms with Gasteiger partial charge in [-0.1, -0.05) is 12.8 Å². The van der Waals surface area contributed by atoms with Crippen LogP contribution in [0.2, 0.25) is 0 Å². The second-order valence-corrected chi connectivity index (χ2v) is 15.0. The number of amides is 2. The highest BCUT2D eigenvalue weighted by molar-refractivity contribution is 6.01. The van der Waals surface area contributed by atoms with Gasteiger partial charge >= 0.3 is 0 Å². The molecule has 194 valence electrons. The maximum atomic E-state index is 14.1. The average Bonchev–Trinajstić information content (AvgIpc) is 3.59. The molecule has 8 aliphatic rings. The van der Waals surface area contributed by atoms with Crippen molar-refractivity contribution in [3.8, 4) is 0 Å². The van der Waals surface area contributed by atoms with E-state index in [9.17, 15) is 9.59 Å². The molecule has 0 aromatic carbocycles. The van der Waals surface area contributed by atoms with Gasteiger partial charge in [0.15, 0.2) is 0 Å². The minimum atomic E-state index is -0.488. The van der Waals surface area contributed by atoms with Crippen LogP contribution < -0.4 is 10.6 Å². The van der Waals surface area contributed by atoms with E-state index >= 15 is 0 Å². The first-order chi connectivity index (χ1) is 16.9. The van der Waals surface area contributed by atoms with E-state index in [4.69, 9.17) is 0 Å². The number of fused-ring (bicyclic) bond motifs is 4. The van der Waals surface area contributed by atoms with Crippen molar-refractivity contribution in [3.05, 3.63) is 0 Å². The molecule has 4 nitrogen and oxygen atoms in total. The fraction of sp³-hybridized carbons (Fsp3) is 0.935. The smallest absolute Gasteiger partial charge is 0.233 e. The highest BCUT2D eigenvalue weighted by Gasteiger charge is 2.58. The fourth-order valence-electron chi connectivity index (χ4n) is 11.8. The second-order valence-electron chi connectivity index (χ2n) is 15.0. The third-order valence-corrected chi connectivity index (χ3v) is 12.8. The Kier molecular flexibility index (Phi) is 5.60. The predicted molar refractivity (Wildman–Crippen MR) is 137 cm³/mol. The summed E-state index contributed by atoms with van der Waals surface area (Å²) in [5.41, 5.74) is -0.0915. The van der Waals surface area contributed by atoms with Crippen LogP contribution in [0.3, 0.4) is 0 Å². The van der Waals surface area contributed by atoms with Crippen molar-refractivity contribution in [1.29, 1.82) is 0 Å². The van der Waals surface area contributed by atoms with Gasteiger partial charge in [0.25, 0.3) is 0 Å². The van der Waals surface area contributed by atoms with Crippen LogP contribution in [0.4, 0.5) is 0 Å². The first kappa shape index (κ1) is 23.1. The van der Waals surface area contributed by atoms with Crippen LogP contribution in [-0.2, 0) is 9.59 Å². The van der Waals surface area contributed by atoms with Crippen LogP contribution in [-0.4, -0.2) is 23.9 Å². The van der Waals surface area contributed by atoms with Crippen LogP contribution >= 0.6 is 0 Å². The summed E-state index contributed by atoms with van der Waals surface area (Å²) in [7, 11) is 0. The summed E-state index contributed by atoms with van der Waals surface area (Å²) in [6.45, 7) is 4.46. The van der Waals surface area contributed by atoms with Crippen LogP contribution in [0.1, 0.15) is 104 Å². The second kappa shape index (κ2) is 8.48. The lowest BCUT2D eigenvalue weighted by Crippen LogP contribution is -2.59. The van der Waals surface area contributed by atoms with Crippen LogP contribution in [0.15, 0.2) is 0 Å². The maximum Gasteiger partial charge on any atom is 0.233 e. The van der Waals surface area contributed by atoms with Crippen LogP contribution in [0.5, 0.6) is 0 Å². The van der Waals surface area contributed by atoms with Gasteiger partial charge in [-0.05, 0) is 150 Å². The Morgan fingerprint density at radius 2 is 1.03 bits per heavy atom. The topological polar surface area (TPSA) is 58.2 Å². The lowest BCUT2D eigenvalue weighted by molar-refractivity contribution is -0.154. The molecule has 9 atom stereocenters. The zero-order chi connectivity index (χ0) is 23.9. The quantitative estimate of drug-likeness (QED) is 0.459. The third-order valence-electron chi connectivity index (χ3n) is 12.8. The summed E-state index contributed by atoms with van der Waals surface area (Å²) in [6, 6.07) is 0.398. The zero-order valence-corrected chi connectivity index (χ0v) is 22.1. The molecule has 8 rings (SSSR count). The van der Waals surface area contributed by atoms with E-state index in [1.807, 2.05) is 0 Å². The molecule has 0 spiro atoms. The standard InChI is InChI=1S/C31H48N2O2/c1-17(26-12-19-3-5-24(26)10-19)32-29(34)28(31-14-21-7-22(15-31)9-23(8-21)16-31)30(35)33-18(2)27-13-20-4-6-25(27)11-20/h17-28H,3-16H2,1-2H3,(H,32,34)(H,33,35)/t17-,18+,19-,20-,21?,22?,23?,24-,25-,26-,27+,28?,31?/m1/s1. The first-order valence-corrected chi connectivity index (χ1v) is 15.5. The minimum Gasteiger partial charge on any atom is -0.353 e. The van der Waals surface area contributed by atoms with Crippen molar-refractivity contribution in [2.75, 3.05) is 0 Å². The highest BCUT2D eigenvalue weighted by Crippen LogP contribution is 2.63. The Morgan fingerprint density at radius 3 is 1.37 bits per heavy atom. The van der Waals surface area contributed by atoms with Crippen molar-refractivity contribution < 1.29 is 9.59 Å². The highest BCUT2D eigenvalue weighted by atomic mass is 16.2. The molecule has 8 bridgehead atoms. The molecular weight excluding hydrogens is 432 g/mol. The van der Waals surface area contributed by atoms with E-state index in [0.29, 0.717) is 11.8 Å². The van der Waals surface area contributed by atoms with Crippen molar-refractivity contribution >= 4 is 11.8 Å². The Hall–Kier alpha value is -1.06. The van der Waals surface area contributed by atoms with Gasteiger partial charge < -0.3 is 10.6 Å². The first-order valence-electron chi connectivity index (χ1n) is 15.5. The Balaban J connectivity index is 1.11. The number of hydrogen-bond acceptors (Lipinski definition) is 2. The molecule has 0 radical (unpaired) electrons. The summed E-state index contributed by atoms with van der Waals surface area (Å²) in [6.07, 6.45) is 18.1. The normalized spacial score (nSPS) is 49.3. The van der Waals surface area contributed by atoms with Crippen LogP contribution in [0, 0.1) is 64.6 Å². The van der Waals surface area contributed by atoms with E-state index in [0.717, 1.165) is 60.7 Å². The molecule has 2 amide bonds. The Bertz CT molecular complexity index is 785. The van der Waals surface area contributed by atoms with Crippen molar-refractivity contribution in [3.63, 3.8) is 0 Å². The van der Waals surface area contributed by atoms with Gasteiger partial charge in [0, 0.05) is 12.1 Å². The van der Waals surface area contributed by atoms with Crippen molar-refractivity contribution in [2.45, 2.75) is 116 Å². The average molecular weight is 481 g/mol. The molecule has 0 saturated heterocycles. The largest absolute Gasteiger partial charge is 0.353 e. The van der Waals surface area contributed by atoms with E-state index in [1.165, 1.54) is 70.6 Å². The SMILES string of the molecule is C[C@H](NC(=O)C(C(=O)N[C@H](C)[C@H]1C[C@@H]2CC[C@@H]1C2)C12CC3CC(CC(C3)C1)C2)[C@@H]1C[C@@H]2CC[C@@H]1C2. The van der Waals surface area contributed by atoms with Gasteiger partial charge in [-0.3, -0.25) is 9.59 Å². The molecule has 0 heterocycles. The van der Waals surface area contributed by atoms with Gasteiger partial charge in [0.05, 0.1) is 0 Å². The van der Waals surface area contributed by atoms with Gasteiger partial charge in [-0.15, -0.1) is 0 Å². The molecule has 8 fully saturated rings. The zero-order valence-electron chi connectivity index (χ0n) is 22.1. The summed E-state index contributed by atoms with van der Waals surface area (Å²) < 4.78 is 0. The number of carbonyl (C=O) groups is 2. The van der Waals surface area contributed by atoms with Gasteiger partial charge in [-0.25, -0.2) is 0 Å². The fourth-order valence-corrected chi connectivity index (χ4v) is 11.8. The summed E-state index contributed by atoms with van der Waals surface area (Å²) >= 11 is 0. The molecule has 0 aromatic heterocycles. The summed E-state index contributed by atoms with van der Waals surface area (Å²) in [5.74, 6) is 6.47. The molecule has 4 heteroatoms. The Labute approximate surface area is 212 Å². The van der Waals surface area contributed by atoms with E-state index in [-0.39, 0.29) is 29.3 Å². The number of hydrogen-bond donors (Lipinski definition) is 2. The molecule has 2 N–H and O–H groups in total. The molecule has 1 unspecified atom stereocenters. The third kappa shape index (κ3) is 3.90. The Morgan fingerprint density at radius 1 is 0.600 bits per heavy atom. The maximum absolute atomic E-state index is 14.1. The summed E-state index contributed by atoms with van der Waals surface area (Å²) in [5, 5.41) is 6.97. The van der Waals surface area contributed by atoms with E-state index < -0.39 is 5.92 Å². The lowest BCUT2D eigenvalue weighted by Gasteiger charge is -2.58. The molecule has 35 heavy (non-hydrogen) atoms. The van der Waals surface area contributed by atoms with Crippen molar-refractivity contribution in [1.82, 2.24) is 10.6 Å². The van der Waals surface area contributed by atoms with Gasteiger partial charge in [0.1, 0.15) is 5.92 Å². The molecular formula is C31H48N2O2. The monoisotopic (exact) mass is 480 g/mol. The predicted octanol–water partition coefficient (Wildman–Crippen LogP) is 5.70. The number of carbonyl (C=O) groups excluding carboxylic acids is 2. The molecule has 0 aromatic rings. The van der Waals surface area contributed by atoms with Gasteiger partial charge in [0.2, 0.25) is 11.8 Å². The molecule has 8 saturated carbocycles. The summed E-state index contributed by atoms with van der Waals surface area (Å²) in [4.78, 5) is 28.3.